The van der Waals surface area contributed by atoms with Crippen molar-refractivity contribution in [1.29, 1.82) is 0 Å². The van der Waals surface area contributed by atoms with Crippen LogP contribution < -0.4 is 4.31 Å². The van der Waals surface area contributed by atoms with Crippen LogP contribution in [0.25, 0.3) is 17.3 Å². The first-order valence-corrected chi connectivity index (χ1v) is 17.2. The number of sulfonamides is 1. The van der Waals surface area contributed by atoms with Gasteiger partial charge in [-0.1, -0.05) is 46.8 Å². The van der Waals surface area contributed by atoms with Gasteiger partial charge < -0.3 is 9.16 Å². The third-order valence-electron chi connectivity index (χ3n) is 6.73. The number of carbonyl (C=O) groups excluding carboxylic acids is 1. The highest BCUT2D eigenvalue weighted by molar-refractivity contribution is 7.92. The SMILES string of the molecule is COC(=O)C[C@@H](/C=C/c1c(-c2ccc(F)cc2)nc(N(C)S(C)(=O)=O)nc1C(C)C)O[Si](C)(C)C(C)(C)C. The van der Waals surface area contributed by atoms with Crippen molar-refractivity contribution in [2.75, 3.05) is 24.7 Å². The Morgan fingerprint density at radius 1 is 1.16 bits per heavy atom. The third kappa shape index (κ3) is 7.94. The average Bonchev–Trinajstić information content (AvgIpc) is 2.80. The Morgan fingerprint density at radius 2 is 1.74 bits per heavy atom. The maximum Gasteiger partial charge on any atom is 0.308 e. The topological polar surface area (TPSA) is 98.7 Å². The highest BCUT2D eigenvalue weighted by Gasteiger charge is 2.39. The molecule has 0 aliphatic heterocycles. The summed E-state index contributed by atoms with van der Waals surface area (Å²) in [7, 11) is -3.16. The number of methoxy groups -OCH3 is 1. The van der Waals surface area contributed by atoms with Gasteiger partial charge in [-0.15, -0.1) is 0 Å². The second-order valence-electron chi connectivity index (χ2n) is 11.1. The van der Waals surface area contributed by atoms with Crippen LogP contribution in [-0.4, -0.2) is 59.2 Å². The van der Waals surface area contributed by atoms with Gasteiger partial charge in [-0.25, -0.2) is 27.1 Å². The van der Waals surface area contributed by atoms with Crippen molar-refractivity contribution < 1.29 is 26.8 Å². The first kappa shape index (κ1) is 31.6. The molecule has 2 aromatic rings. The summed E-state index contributed by atoms with van der Waals surface area (Å²) in [6.45, 7) is 14.4. The summed E-state index contributed by atoms with van der Waals surface area (Å²) >= 11 is 0. The summed E-state index contributed by atoms with van der Waals surface area (Å²) in [6.07, 6.45) is 4.14. The number of halogens is 1. The van der Waals surface area contributed by atoms with E-state index in [1.54, 1.807) is 24.3 Å². The van der Waals surface area contributed by atoms with Crippen LogP contribution in [0.15, 0.2) is 30.3 Å². The number of anilines is 1. The van der Waals surface area contributed by atoms with Crippen molar-refractivity contribution in [3.63, 3.8) is 0 Å². The number of ether oxygens (including phenoxy) is 1. The lowest BCUT2D eigenvalue weighted by molar-refractivity contribution is -0.142. The molecule has 0 radical (unpaired) electrons. The molecule has 1 aromatic heterocycles. The molecule has 0 spiro atoms. The molecular weight excluding hydrogens is 525 g/mol. The number of rotatable bonds is 10. The lowest BCUT2D eigenvalue weighted by atomic mass is 9.97. The van der Waals surface area contributed by atoms with Crippen LogP contribution in [0.3, 0.4) is 0 Å². The van der Waals surface area contributed by atoms with Gasteiger partial charge in [0.2, 0.25) is 16.0 Å². The van der Waals surface area contributed by atoms with Crippen LogP contribution in [-0.2, 0) is 24.0 Å². The van der Waals surface area contributed by atoms with Gasteiger partial charge in [-0.2, -0.15) is 0 Å². The Labute approximate surface area is 227 Å². The van der Waals surface area contributed by atoms with E-state index in [4.69, 9.17) is 9.16 Å². The molecule has 1 atom stereocenters. The molecule has 38 heavy (non-hydrogen) atoms. The van der Waals surface area contributed by atoms with Crippen molar-refractivity contribution in [1.82, 2.24) is 9.97 Å². The first-order valence-electron chi connectivity index (χ1n) is 12.4. The highest BCUT2D eigenvalue weighted by atomic mass is 32.2. The quantitative estimate of drug-likeness (QED) is 0.266. The van der Waals surface area contributed by atoms with Gasteiger partial charge in [-0.3, -0.25) is 4.79 Å². The van der Waals surface area contributed by atoms with E-state index in [1.807, 2.05) is 13.8 Å². The Bertz CT molecular complexity index is 1270. The summed E-state index contributed by atoms with van der Waals surface area (Å²) in [5, 5.41) is -0.0848. The molecule has 1 aromatic carbocycles. The Hall–Kier alpha value is -2.63. The van der Waals surface area contributed by atoms with Gasteiger partial charge in [0, 0.05) is 18.2 Å². The average molecular weight is 566 g/mol. The van der Waals surface area contributed by atoms with Crippen LogP contribution in [0.4, 0.5) is 10.3 Å². The van der Waals surface area contributed by atoms with Crippen molar-refractivity contribution in [2.45, 2.75) is 71.2 Å². The third-order valence-corrected chi connectivity index (χ3v) is 12.4. The molecule has 210 valence electrons. The fourth-order valence-corrected chi connectivity index (χ4v) is 5.00. The zero-order valence-corrected chi connectivity index (χ0v) is 25.8. The van der Waals surface area contributed by atoms with Crippen molar-refractivity contribution in [3.05, 3.63) is 47.4 Å². The van der Waals surface area contributed by atoms with Gasteiger partial charge in [0.1, 0.15) is 5.82 Å². The zero-order chi connectivity index (χ0) is 29.1. The van der Waals surface area contributed by atoms with E-state index in [2.05, 4.69) is 43.8 Å². The van der Waals surface area contributed by atoms with E-state index in [0.29, 0.717) is 22.5 Å². The van der Waals surface area contributed by atoms with Crippen LogP contribution in [0.5, 0.6) is 0 Å². The van der Waals surface area contributed by atoms with Crippen molar-refractivity contribution >= 4 is 36.3 Å². The molecule has 0 saturated carbocycles. The fraction of sp³-hybridized carbons (Fsp3) is 0.519. The van der Waals surface area contributed by atoms with E-state index in [1.165, 1.54) is 26.3 Å². The second kappa shape index (κ2) is 12.0. The number of nitrogens with zero attached hydrogens (tertiary/aromatic N) is 3. The second-order valence-corrected chi connectivity index (χ2v) is 17.9. The molecule has 2 rings (SSSR count). The summed E-state index contributed by atoms with van der Waals surface area (Å²) < 4.78 is 50.8. The fourth-order valence-electron chi connectivity index (χ4n) is 3.35. The summed E-state index contributed by atoms with van der Waals surface area (Å²) in [4.78, 5) is 21.4. The van der Waals surface area contributed by atoms with Crippen LogP contribution in [0.1, 0.15) is 58.2 Å². The zero-order valence-electron chi connectivity index (χ0n) is 24.0. The summed E-state index contributed by atoms with van der Waals surface area (Å²) in [6, 6.07) is 5.81. The minimum atomic E-state index is -3.63. The molecule has 0 unspecified atom stereocenters. The molecule has 0 saturated heterocycles. The van der Waals surface area contributed by atoms with Crippen LogP contribution in [0, 0.1) is 5.82 Å². The van der Waals surface area contributed by atoms with E-state index in [9.17, 15) is 17.6 Å². The summed E-state index contributed by atoms with van der Waals surface area (Å²) in [5.74, 6) is -0.902. The maximum absolute atomic E-state index is 13.7. The molecule has 0 aliphatic rings. The van der Waals surface area contributed by atoms with Gasteiger partial charge in [0.05, 0.1) is 37.3 Å². The number of carbonyl (C=O) groups is 1. The van der Waals surface area contributed by atoms with Crippen LogP contribution in [0.2, 0.25) is 18.1 Å². The molecule has 8 nitrogen and oxygen atoms in total. The monoisotopic (exact) mass is 565 g/mol. The molecular formula is C27H40FN3O5SSi. The minimum Gasteiger partial charge on any atom is -0.469 e. The van der Waals surface area contributed by atoms with Gasteiger partial charge in [0.15, 0.2) is 8.32 Å². The van der Waals surface area contributed by atoms with Gasteiger partial charge >= 0.3 is 5.97 Å². The number of esters is 1. The molecule has 1 heterocycles. The standard InChI is InChI=1S/C27H40FN3O5SSi/c1-18(2)24-22(16-15-21(17-23(32)35-7)36-38(9,10)27(3,4)5)25(19-11-13-20(28)14-12-19)30-26(29-24)31(6)37(8,33)34/h11-16,18,21H,17H2,1-10H3/b16-15+/t21-/m1/s1. The van der Waals surface area contributed by atoms with E-state index in [-0.39, 0.29) is 23.3 Å². The maximum atomic E-state index is 13.7. The molecule has 11 heteroatoms. The normalized spacial score (nSPS) is 13.7. The number of hydrogen-bond acceptors (Lipinski definition) is 7. The predicted molar refractivity (Wildman–Crippen MR) is 152 cm³/mol. The van der Waals surface area contributed by atoms with E-state index >= 15 is 0 Å². The first-order chi connectivity index (χ1) is 17.4. The van der Waals surface area contributed by atoms with Crippen LogP contribution >= 0.6 is 0 Å². The number of aromatic nitrogens is 2. The molecule has 0 bridgehead atoms. The molecule has 0 aliphatic carbocycles. The largest absolute Gasteiger partial charge is 0.469 e. The van der Waals surface area contributed by atoms with E-state index in [0.717, 1.165) is 10.6 Å². The number of benzene rings is 1. The van der Waals surface area contributed by atoms with Gasteiger partial charge in [0.25, 0.3) is 0 Å². The van der Waals surface area contributed by atoms with Crippen molar-refractivity contribution in [2.24, 2.45) is 0 Å². The Balaban J connectivity index is 2.76. The van der Waals surface area contributed by atoms with Gasteiger partial charge in [-0.05, 0) is 48.3 Å². The Kier molecular flexibility index (Phi) is 10.0. The lowest BCUT2D eigenvalue weighted by Gasteiger charge is -2.38. The molecule has 0 fully saturated rings. The molecule has 0 amide bonds. The summed E-state index contributed by atoms with van der Waals surface area (Å²) in [5.41, 5.74) is 2.26. The smallest absolute Gasteiger partial charge is 0.308 e. The molecule has 0 N–H and O–H groups in total. The highest BCUT2D eigenvalue weighted by Crippen LogP contribution is 2.38. The number of hydrogen-bond donors (Lipinski definition) is 0. The lowest BCUT2D eigenvalue weighted by Crippen LogP contribution is -2.44. The van der Waals surface area contributed by atoms with E-state index < -0.39 is 36.2 Å². The minimum absolute atomic E-state index is 0.0105. The van der Waals surface area contributed by atoms with Crippen molar-refractivity contribution in [3.8, 4) is 11.3 Å². The Morgan fingerprint density at radius 3 is 2.21 bits per heavy atom. The predicted octanol–water partition coefficient (Wildman–Crippen LogP) is 5.77.